The third-order valence-corrected chi connectivity index (χ3v) is 4.20. The van der Waals surface area contributed by atoms with Crippen LogP contribution in [0.15, 0.2) is 0 Å². The van der Waals surface area contributed by atoms with Gasteiger partial charge < -0.3 is 15.7 Å². The third kappa shape index (κ3) is 6.39. The molecule has 0 radical (unpaired) electrons. The van der Waals surface area contributed by atoms with Crippen LogP contribution in [0.5, 0.6) is 0 Å². The van der Waals surface area contributed by atoms with Gasteiger partial charge in [-0.1, -0.05) is 46.0 Å². The van der Waals surface area contributed by atoms with E-state index in [1.165, 1.54) is 19.3 Å². The van der Waals surface area contributed by atoms with Gasteiger partial charge in [0.2, 0.25) is 5.91 Å². The molecule has 1 atom stereocenters. The second kappa shape index (κ2) is 9.32. The lowest BCUT2D eigenvalue weighted by atomic mass is 9.95. The monoisotopic (exact) mass is 270 g/mol. The quantitative estimate of drug-likeness (QED) is 0.630. The van der Waals surface area contributed by atoms with Crippen molar-refractivity contribution in [3.05, 3.63) is 0 Å². The molecule has 1 saturated carbocycles. The number of nitrogens with one attached hydrogen (secondary N) is 2. The predicted molar refractivity (Wildman–Crippen MR) is 78.0 cm³/mol. The van der Waals surface area contributed by atoms with Gasteiger partial charge in [-0.15, -0.1) is 0 Å². The number of hydrogen-bond donors (Lipinski definition) is 3. The maximum Gasteiger partial charge on any atom is 0.234 e. The highest BCUT2D eigenvalue weighted by Gasteiger charge is 2.17. The molecule has 0 aromatic heterocycles. The summed E-state index contributed by atoms with van der Waals surface area (Å²) >= 11 is 0. The first-order valence-corrected chi connectivity index (χ1v) is 7.85. The Morgan fingerprint density at radius 1 is 1.21 bits per heavy atom. The van der Waals surface area contributed by atoms with E-state index in [9.17, 15) is 9.90 Å². The number of carbonyl (C=O) groups excluding carboxylic acids is 1. The van der Waals surface area contributed by atoms with Crippen molar-refractivity contribution in [3.8, 4) is 0 Å². The zero-order valence-corrected chi connectivity index (χ0v) is 12.5. The molecule has 1 aliphatic rings. The largest absolute Gasteiger partial charge is 0.392 e. The number of rotatable bonds is 8. The van der Waals surface area contributed by atoms with E-state index in [4.69, 9.17) is 0 Å². The molecule has 0 aromatic rings. The number of hydrogen-bond acceptors (Lipinski definition) is 3. The summed E-state index contributed by atoms with van der Waals surface area (Å²) in [5.41, 5.74) is 0. The standard InChI is InChI=1S/C15H30N2O2/c1-3-12(4-2)14(18)10-16-11-15(19)17-13-8-6-5-7-9-13/h12-14,16,18H,3-11H2,1-2H3,(H,17,19). The van der Waals surface area contributed by atoms with Crippen LogP contribution in [0.4, 0.5) is 0 Å². The minimum Gasteiger partial charge on any atom is -0.392 e. The van der Waals surface area contributed by atoms with Crippen molar-refractivity contribution >= 4 is 5.91 Å². The fraction of sp³-hybridized carbons (Fsp3) is 0.933. The summed E-state index contributed by atoms with van der Waals surface area (Å²) in [6.45, 7) is 5.00. The molecule has 0 heterocycles. The molecule has 4 heteroatoms. The van der Waals surface area contributed by atoms with Gasteiger partial charge in [-0.3, -0.25) is 4.79 Å². The Kier molecular flexibility index (Phi) is 8.07. The summed E-state index contributed by atoms with van der Waals surface area (Å²) in [6.07, 6.45) is 7.59. The number of carbonyl (C=O) groups is 1. The Morgan fingerprint density at radius 3 is 2.42 bits per heavy atom. The molecule has 0 saturated heterocycles. The van der Waals surface area contributed by atoms with Gasteiger partial charge in [-0.2, -0.15) is 0 Å². The molecule has 1 fully saturated rings. The summed E-state index contributed by atoms with van der Waals surface area (Å²) in [6, 6.07) is 0.368. The van der Waals surface area contributed by atoms with E-state index >= 15 is 0 Å². The summed E-state index contributed by atoms with van der Waals surface area (Å²) in [5, 5.41) is 16.1. The van der Waals surface area contributed by atoms with Crippen molar-refractivity contribution in [2.75, 3.05) is 13.1 Å². The fourth-order valence-electron chi connectivity index (χ4n) is 2.86. The lowest BCUT2D eigenvalue weighted by molar-refractivity contribution is -0.121. The van der Waals surface area contributed by atoms with Crippen molar-refractivity contribution in [1.29, 1.82) is 0 Å². The van der Waals surface area contributed by atoms with Gasteiger partial charge in [0.15, 0.2) is 0 Å². The first-order valence-electron chi connectivity index (χ1n) is 7.85. The predicted octanol–water partition coefficient (Wildman–Crippen LogP) is 1.82. The van der Waals surface area contributed by atoms with Crippen LogP contribution in [0.3, 0.4) is 0 Å². The Bertz CT molecular complexity index is 249. The van der Waals surface area contributed by atoms with Gasteiger partial charge in [0.25, 0.3) is 0 Å². The summed E-state index contributed by atoms with van der Waals surface area (Å²) in [5.74, 6) is 0.387. The second-order valence-corrected chi connectivity index (χ2v) is 5.68. The Balaban J connectivity index is 2.12. The highest BCUT2D eigenvalue weighted by Crippen LogP contribution is 2.17. The average molecular weight is 270 g/mol. The lowest BCUT2D eigenvalue weighted by Crippen LogP contribution is -2.43. The molecule has 4 nitrogen and oxygen atoms in total. The maximum absolute atomic E-state index is 11.7. The van der Waals surface area contributed by atoms with Crippen molar-refractivity contribution in [2.24, 2.45) is 5.92 Å². The van der Waals surface area contributed by atoms with Crippen LogP contribution >= 0.6 is 0 Å². The number of amides is 1. The normalized spacial score (nSPS) is 18.5. The molecule has 3 N–H and O–H groups in total. The average Bonchev–Trinajstić information content (AvgIpc) is 2.41. The molecule has 0 bridgehead atoms. The topological polar surface area (TPSA) is 61.4 Å². The first kappa shape index (κ1) is 16.4. The molecular formula is C15H30N2O2. The van der Waals surface area contributed by atoms with E-state index in [0.29, 0.717) is 25.0 Å². The SMILES string of the molecule is CCC(CC)C(O)CNCC(=O)NC1CCCCC1. The molecule has 1 rings (SSSR count). The van der Waals surface area contributed by atoms with Gasteiger partial charge in [0.1, 0.15) is 0 Å². The Morgan fingerprint density at radius 2 is 1.84 bits per heavy atom. The minimum atomic E-state index is -0.350. The van der Waals surface area contributed by atoms with Crippen molar-refractivity contribution in [2.45, 2.75) is 70.9 Å². The van der Waals surface area contributed by atoms with Crippen LogP contribution in [-0.4, -0.2) is 36.2 Å². The second-order valence-electron chi connectivity index (χ2n) is 5.68. The van der Waals surface area contributed by atoms with Crippen molar-refractivity contribution in [1.82, 2.24) is 10.6 Å². The lowest BCUT2D eigenvalue weighted by Gasteiger charge is -2.23. The third-order valence-electron chi connectivity index (χ3n) is 4.20. The van der Waals surface area contributed by atoms with Crippen LogP contribution in [0.1, 0.15) is 58.8 Å². The van der Waals surface area contributed by atoms with Crippen LogP contribution in [0, 0.1) is 5.92 Å². The zero-order valence-electron chi connectivity index (χ0n) is 12.5. The van der Waals surface area contributed by atoms with Crippen LogP contribution in [0.25, 0.3) is 0 Å². The number of aliphatic hydroxyl groups is 1. The van der Waals surface area contributed by atoms with Gasteiger partial charge in [-0.25, -0.2) is 0 Å². The molecule has 1 amide bonds. The highest BCUT2D eigenvalue weighted by molar-refractivity contribution is 5.78. The van der Waals surface area contributed by atoms with E-state index in [1.54, 1.807) is 0 Å². The smallest absolute Gasteiger partial charge is 0.234 e. The maximum atomic E-state index is 11.7. The van der Waals surface area contributed by atoms with Gasteiger partial charge in [0, 0.05) is 12.6 Å². The van der Waals surface area contributed by atoms with E-state index in [1.807, 2.05) is 0 Å². The van der Waals surface area contributed by atoms with E-state index in [2.05, 4.69) is 24.5 Å². The van der Waals surface area contributed by atoms with Crippen LogP contribution < -0.4 is 10.6 Å². The summed E-state index contributed by atoms with van der Waals surface area (Å²) < 4.78 is 0. The molecule has 1 aliphatic carbocycles. The molecule has 0 aliphatic heterocycles. The number of aliphatic hydroxyl groups excluding tert-OH is 1. The van der Waals surface area contributed by atoms with E-state index in [0.717, 1.165) is 25.7 Å². The molecule has 0 spiro atoms. The molecule has 1 unspecified atom stereocenters. The summed E-state index contributed by atoms with van der Waals surface area (Å²) in [4.78, 5) is 11.7. The molecule has 0 aromatic carbocycles. The van der Waals surface area contributed by atoms with Crippen molar-refractivity contribution < 1.29 is 9.90 Å². The van der Waals surface area contributed by atoms with Crippen LogP contribution in [0.2, 0.25) is 0 Å². The molecular weight excluding hydrogens is 240 g/mol. The highest BCUT2D eigenvalue weighted by atomic mass is 16.3. The summed E-state index contributed by atoms with van der Waals surface area (Å²) in [7, 11) is 0. The van der Waals surface area contributed by atoms with Gasteiger partial charge in [0.05, 0.1) is 12.6 Å². The van der Waals surface area contributed by atoms with Crippen LogP contribution in [-0.2, 0) is 4.79 Å². The van der Waals surface area contributed by atoms with Gasteiger partial charge >= 0.3 is 0 Å². The zero-order chi connectivity index (χ0) is 14.1. The van der Waals surface area contributed by atoms with Gasteiger partial charge in [-0.05, 0) is 18.8 Å². The Labute approximate surface area is 117 Å². The van der Waals surface area contributed by atoms with E-state index in [-0.39, 0.29) is 12.0 Å². The first-order chi connectivity index (χ1) is 9.17. The fourth-order valence-corrected chi connectivity index (χ4v) is 2.86. The molecule has 19 heavy (non-hydrogen) atoms. The minimum absolute atomic E-state index is 0.0589. The molecule has 112 valence electrons. The van der Waals surface area contributed by atoms with Crippen molar-refractivity contribution in [3.63, 3.8) is 0 Å². The van der Waals surface area contributed by atoms with E-state index < -0.39 is 0 Å². The Hall–Kier alpha value is -0.610.